The van der Waals surface area contributed by atoms with Crippen LogP contribution < -0.4 is 4.72 Å². The number of para-hydroxylation sites is 1. The number of ether oxygens (including phenoxy) is 7. The van der Waals surface area contributed by atoms with E-state index in [0.717, 1.165) is 27.6 Å². The second kappa shape index (κ2) is 21.1. The number of hydrogen-bond donors (Lipinski definition) is 2. The van der Waals surface area contributed by atoms with Crippen LogP contribution in [-0.2, 0) is 56.3 Å². The van der Waals surface area contributed by atoms with Gasteiger partial charge in [0.05, 0.1) is 90.4 Å². The number of hydrogen-bond acceptors (Lipinski definition) is 12. The number of benzene rings is 3. The van der Waals surface area contributed by atoms with Crippen molar-refractivity contribution in [3.63, 3.8) is 0 Å². The summed E-state index contributed by atoms with van der Waals surface area (Å²) < 4.78 is 71.0. The van der Waals surface area contributed by atoms with E-state index in [2.05, 4.69) is 14.6 Å². The number of aromatic nitrogens is 1. The number of rotatable bonds is 9. The van der Waals surface area contributed by atoms with Crippen molar-refractivity contribution >= 4 is 20.9 Å². The van der Waals surface area contributed by atoms with E-state index in [1.807, 2.05) is 60.7 Å². The second-order valence-corrected chi connectivity index (χ2v) is 14.8. The molecule has 1 unspecified atom stereocenters. The van der Waals surface area contributed by atoms with Gasteiger partial charge in [-0.05, 0) is 28.8 Å². The van der Waals surface area contributed by atoms with Crippen LogP contribution in [0, 0.1) is 0 Å². The highest BCUT2D eigenvalue weighted by atomic mass is 32.2. The third-order valence-corrected chi connectivity index (χ3v) is 10.7. The van der Waals surface area contributed by atoms with Gasteiger partial charge in [0.2, 0.25) is 10.0 Å². The first-order chi connectivity index (χ1) is 26.5. The van der Waals surface area contributed by atoms with Crippen molar-refractivity contribution in [1.82, 2.24) is 14.6 Å². The van der Waals surface area contributed by atoms with E-state index in [1.54, 1.807) is 24.4 Å². The molecule has 0 radical (unpaired) electrons. The van der Waals surface area contributed by atoms with Crippen LogP contribution in [0.25, 0.3) is 10.9 Å². The smallest absolute Gasteiger partial charge is 0.243 e. The molecule has 2 saturated heterocycles. The summed E-state index contributed by atoms with van der Waals surface area (Å²) in [6, 6.07) is 24.1. The van der Waals surface area contributed by atoms with Crippen LogP contribution in [-0.4, -0.2) is 115 Å². The first-order valence-electron chi connectivity index (χ1n) is 18.5. The Labute approximate surface area is 317 Å². The number of nitrogens with one attached hydrogen (secondary N) is 1. The van der Waals surface area contributed by atoms with Crippen molar-refractivity contribution in [3.8, 4) is 0 Å². The minimum absolute atomic E-state index is 0.0345. The van der Waals surface area contributed by atoms with Gasteiger partial charge in [0, 0.05) is 49.7 Å². The fourth-order valence-electron chi connectivity index (χ4n) is 6.33. The Balaban J connectivity index is 1.12. The summed E-state index contributed by atoms with van der Waals surface area (Å²) in [5, 5.41) is 10.4. The average Bonchev–Trinajstić information content (AvgIpc) is 3.20. The molecular formula is C40H51N3O10S. The molecule has 0 saturated carbocycles. The Bertz CT molecular complexity index is 1790. The second-order valence-electron chi connectivity index (χ2n) is 13.1. The van der Waals surface area contributed by atoms with Crippen LogP contribution in [0.5, 0.6) is 0 Å². The first-order valence-corrected chi connectivity index (χ1v) is 20.0. The van der Waals surface area contributed by atoms with E-state index < -0.39 is 16.3 Å². The van der Waals surface area contributed by atoms with Crippen molar-refractivity contribution in [2.45, 2.75) is 43.0 Å². The highest BCUT2D eigenvalue weighted by Crippen LogP contribution is 2.38. The lowest BCUT2D eigenvalue weighted by molar-refractivity contribution is -0.253. The van der Waals surface area contributed by atoms with Crippen LogP contribution in [0.4, 0.5) is 0 Å². The maximum absolute atomic E-state index is 13.3. The van der Waals surface area contributed by atoms with Gasteiger partial charge in [0.25, 0.3) is 0 Å². The van der Waals surface area contributed by atoms with E-state index >= 15 is 0 Å². The average molecular weight is 766 g/mol. The largest absolute Gasteiger partial charge is 0.392 e. The summed E-state index contributed by atoms with van der Waals surface area (Å²) in [7, 11) is -3.82. The zero-order valence-corrected chi connectivity index (χ0v) is 31.4. The maximum Gasteiger partial charge on any atom is 0.243 e. The summed E-state index contributed by atoms with van der Waals surface area (Å²) in [5.41, 5.74) is 3.86. The summed E-state index contributed by atoms with van der Waals surface area (Å²) in [5.74, 6) is 0. The van der Waals surface area contributed by atoms with Gasteiger partial charge in [-0.1, -0.05) is 66.7 Å². The van der Waals surface area contributed by atoms with Gasteiger partial charge in [0.15, 0.2) is 6.29 Å². The fourth-order valence-corrected chi connectivity index (χ4v) is 7.52. The molecule has 0 aliphatic carbocycles. The van der Waals surface area contributed by atoms with Crippen molar-refractivity contribution in [3.05, 3.63) is 107 Å². The topological polar surface area (TPSA) is 147 Å². The Kier molecular flexibility index (Phi) is 15.7. The lowest BCUT2D eigenvalue weighted by Crippen LogP contribution is -2.42. The minimum Gasteiger partial charge on any atom is -0.392 e. The van der Waals surface area contributed by atoms with E-state index in [1.165, 1.54) is 0 Å². The summed E-state index contributed by atoms with van der Waals surface area (Å²) >= 11 is 0. The SMILES string of the molecule is O=S(=O)(NCc1ccc(C2O[C@H](CN3CCOCCOCCOCCOCCOCC3)C[C@H](c3ccc(CO)cc3)O2)cc1)c1cccc2cccnc12. The third-order valence-electron chi connectivity index (χ3n) is 9.27. The molecule has 13 nitrogen and oxygen atoms in total. The number of pyridine rings is 1. The van der Waals surface area contributed by atoms with Gasteiger partial charge >= 0.3 is 0 Å². The molecule has 0 spiro atoms. The molecule has 14 heteroatoms. The molecule has 3 atom stereocenters. The molecule has 4 aromatic rings. The van der Waals surface area contributed by atoms with Crippen LogP contribution >= 0.6 is 0 Å². The van der Waals surface area contributed by atoms with Crippen LogP contribution in [0.3, 0.4) is 0 Å². The van der Waals surface area contributed by atoms with Gasteiger partial charge in [-0.3, -0.25) is 9.88 Å². The number of fused-ring (bicyclic) bond motifs is 1. The summed E-state index contributed by atoms with van der Waals surface area (Å²) in [6.07, 6.45) is 1.11. The monoisotopic (exact) mass is 765 g/mol. The molecule has 2 aliphatic heterocycles. The molecular weight excluding hydrogens is 715 g/mol. The predicted octanol–water partition coefficient (Wildman–Crippen LogP) is 4.15. The molecule has 2 N–H and O–H groups in total. The molecule has 6 rings (SSSR count). The molecule has 292 valence electrons. The Morgan fingerprint density at radius 1 is 0.685 bits per heavy atom. The lowest BCUT2D eigenvalue weighted by atomic mass is 9.99. The normalized spacial score (nSPS) is 22.4. The molecule has 2 aliphatic rings. The number of nitrogens with zero attached hydrogens (tertiary/aromatic N) is 2. The van der Waals surface area contributed by atoms with Gasteiger partial charge in [0.1, 0.15) is 4.90 Å². The molecule has 0 amide bonds. The first kappa shape index (κ1) is 40.3. The van der Waals surface area contributed by atoms with Gasteiger partial charge in [-0.25, -0.2) is 13.1 Å². The fraction of sp³-hybridized carbons (Fsp3) is 0.475. The van der Waals surface area contributed by atoms with E-state index in [0.29, 0.717) is 97.6 Å². The molecule has 1 aromatic heterocycles. The quantitative estimate of drug-likeness (QED) is 0.253. The number of sulfonamides is 1. The van der Waals surface area contributed by atoms with Crippen LogP contribution in [0.1, 0.15) is 41.1 Å². The van der Waals surface area contributed by atoms with Gasteiger partial charge in [-0.15, -0.1) is 0 Å². The summed E-state index contributed by atoms with van der Waals surface area (Å²) in [6.45, 7) is 7.16. The molecule has 0 bridgehead atoms. The molecule has 3 aromatic carbocycles. The van der Waals surface area contributed by atoms with Crippen molar-refractivity contribution in [2.24, 2.45) is 0 Å². The van der Waals surface area contributed by atoms with Crippen molar-refractivity contribution in [2.75, 3.05) is 85.7 Å². The Morgan fingerprint density at radius 2 is 1.26 bits per heavy atom. The predicted molar refractivity (Wildman–Crippen MR) is 201 cm³/mol. The molecule has 2 fully saturated rings. The Hall–Kier alpha value is -3.38. The van der Waals surface area contributed by atoms with Crippen LogP contribution in [0.2, 0.25) is 0 Å². The Morgan fingerprint density at radius 3 is 1.89 bits per heavy atom. The van der Waals surface area contributed by atoms with E-state index in [4.69, 9.17) is 33.2 Å². The zero-order valence-electron chi connectivity index (χ0n) is 30.6. The third kappa shape index (κ3) is 12.1. The van der Waals surface area contributed by atoms with Crippen molar-refractivity contribution < 1.29 is 46.7 Å². The van der Waals surface area contributed by atoms with Crippen LogP contribution in [0.15, 0.2) is 90.0 Å². The molecule has 54 heavy (non-hydrogen) atoms. The minimum atomic E-state index is -3.82. The van der Waals surface area contributed by atoms with E-state index in [9.17, 15) is 13.5 Å². The highest BCUT2D eigenvalue weighted by Gasteiger charge is 2.33. The summed E-state index contributed by atoms with van der Waals surface area (Å²) in [4.78, 5) is 6.73. The van der Waals surface area contributed by atoms with Crippen molar-refractivity contribution in [1.29, 1.82) is 0 Å². The highest BCUT2D eigenvalue weighted by molar-refractivity contribution is 7.89. The zero-order chi connectivity index (χ0) is 37.4. The van der Waals surface area contributed by atoms with Gasteiger partial charge in [-0.2, -0.15) is 0 Å². The molecule has 3 heterocycles. The van der Waals surface area contributed by atoms with E-state index in [-0.39, 0.29) is 30.3 Å². The standard InChI is InChI=1S/C40H51N3O10S/c44-30-32-8-10-33(11-9-32)37-27-36(29-43-15-17-47-19-21-49-23-25-51-26-24-50-22-20-48-18-16-43)52-40(53-37)35-12-6-31(7-13-35)28-42-54(45,46)38-5-1-3-34-4-2-14-41-39(34)38/h1-14,36-37,40,42,44H,15-30H2/t36-,37+,40?/m0/s1. The maximum atomic E-state index is 13.3. The lowest BCUT2D eigenvalue weighted by Gasteiger charge is -2.38. The van der Waals surface area contributed by atoms with Gasteiger partial charge < -0.3 is 38.3 Å². The number of aliphatic hydroxyl groups excluding tert-OH is 1. The number of aliphatic hydroxyl groups is 1.